The molecule has 7 heteroatoms. The number of carbonyl (C=O) groups excluding carboxylic acids is 2. The zero-order valence-corrected chi connectivity index (χ0v) is 17.5. The number of rotatable bonds is 7. The normalized spacial score (nSPS) is 11.6. The van der Waals surface area contributed by atoms with Crippen molar-refractivity contribution < 1.29 is 19.1 Å². The number of aryl methyl sites for hydroxylation is 2. The monoisotopic (exact) mass is 407 g/mol. The van der Waals surface area contributed by atoms with Crippen LogP contribution in [0.4, 0.5) is 5.69 Å². The molecule has 3 rings (SSSR count). The topological polar surface area (TPSA) is 82.5 Å². The maximum absolute atomic E-state index is 12.5. The third-order valence-electron chi connectivity index (χ3n) is 4.73. The fourth-order valence-corrected chi connectivity index (χ4v) is 2.92. The summed E-state index contributed by atoms with van der Waals surface area (Å²) in [6, 6.07) is 16.4. The van der Waals surface area contributed by atoms with Crippen molar-refractivity contribution in [3.63, 3.8) is 0 Å². The van der Waals surface area contributed by atoms with E-state index >= 15 is 0 Å². The Morgan fingerprint density at radius 2 is 1.83 bits per heavy atom. The Balaban J connectivity index is 1.60. The number of ether oxygens (including phenoxy) is 2. The number of nitrogens with one attached hydrogen (secondary N) is 1. The van der Waals surface area contributed by atoms with E-state index in [1.165, 1.54) is 6.92 Å². The van der Waals surface area contributed by atoms with Crippen molar-refractivity contribution in [2.45, 2.75) is 33.5 Å². The fraction of sp³-hybridized carbons (Fsp3) is 0.261. The summed E-state index contributed by atoms with van der Waals surface area (Å²) in [7, 11) is 1.80. The van der Waals surface area contributed by atoms with Crippen molar-refractivity contribution in [2.75, 3.05) is 5.32 Å². The van der Waals surface area contributed by atoms with Gasteiger partial charge < -0.3 is 14.8 Å². The van der Waals surface area contributed by atoms with Gasteiger partial charge in [0.15, 0.2) is 6.10 Å². The van der Waals surface area contributed by atoms with Crippen LogP contribution in [-0.2, 0) is 23.2 Å². The third-order valence-corrected chi connectivity index (χ3v) is 4.73. The number of anilines is 1. The lowest BCUT2D eigenvalue weighted by Crippen LogP contribution is -2.30. The molecule has 7 nitrogen and oxygen atoms in total. The van der Waals surface area contributed by atoms with Crippen molar-refractivity contribution in [3.05, 3.63) is 77.1 Å². The van der Waals surface area contributed by atoms with Crippen LogP contribution in [0.5, 0.6) is 5.75 Å². The smallest absolute Gasteiger partial charge is 0.339 e. The van der Waals surface area contributed by atoms with Crippen LogP contribution in [0.15, 0.2) is 54.6 Å². The summed E-state index contributed by atoms with van der Waals surface area (Å²) >= 11 is 0. The number of benzene rings is 2. The number of hydrogen-bond donors (Lipinski definition) is 1. The first kappa shape index (κ1) is 21.1. The number of aromatic nitrogens is 2. The van der Waals surface area contributed by atoms with Crippen LogP contribution in [0.2, 0.25) is 0 Å². The molecular formula is C23H25N3O4. The highest BCUT2D eigenvalue weighted by molar-refractivity contribution is 5.98. The van der Waals surface area contributed by atoms with Crippen LogP contribution in [0, 0.1) is 13.8 Å². The molecule has 30 heavy (non-hydrogen) atoms. The minimum atomic E-state index is -0.967. The zero-order chi connectivity index (χ0) is 21.7. The van der Waals surface area contributed by atoms with Gasteiger partial charge in [0.2, 0.25) is 0 Å². The highest BCUT2D eigenvalue weighted by Crippen LogP contribution is 2.20. The van der Waals surface area contributed by atoms with Crippen LogP contribution >= 0.6 is 0 Å². The highest BCUT2D eigenvalue weighted by atomic mass is 16.5. The quantitative estimate of drug-likeness (QED) is 0.603. The molecule has 0 radical (unpaired) electrons. The molecule has 1 atom stereocenters. The van der Waals surface area contributed by atoms with Gasteiger partial charge in [-0.15, -0.1) is 0 Å². The van der Waals surface area contributed by atoms with E-state index in [4.69, 9.17) is 9.47 Å². The van der Waals surface area contributed by atoms with Gasteiger partial charge in [0, 0.05) is 7.05 Å². The van der Waals surface area contributed by atoms with Gasteiger partial charge in [0.05, 0.1) is 22.6 Å². The molecule has 1 N–H and O–H groups in total. The molecule has 0 fully saturated rings. The molecular weight excluding hydrogens is 382 g/mol. The Labute approximate surface area is 175 Å². The summed E-state index contributed by atoms with van der Waals surface area (Å²) in [5, 5.41) is 7.04. The van der Waals surface area contributed by atoms with Gasteiger partial charge in [0.25, 0.3) is 5.91 Å². The van der Waals surface area contributed by atoms with Gasteiger partial charge in [-0.1, -0.05) is 36.4 Å². The minimum Gasteiger partial charge on any atom is -0.489 e. The van der Waals surface area contributed by atoms with Crippen LogP contribution in [0.25, 0.3) is 0 Å². The molecule has 2 aromatic carbocycles. The second-order valence-corrected chi connectivity index (χ2v) is 7.01. The van der Waals surface area contributed by atoms with E-state index in [2.05, 4.69) is 10.4 Å². The average molecular weight is 407 g/mol. The molecule has 1 heterocycles. The summed E-state index contributed by atoms with van der Waals surface area (Å²) in [5.74, 6) is -0.464. The van der Waals surface area contributed by atoms with Crippen LogP contribution in [-0.4, -0.2) is 27.8 Å². The van der Waals surface area contributed by atoms with E-state index in [0.29, 0.717) is 29.3 Å². The minimum absolute atomic E-state index is 0.314. The maximum Gasteiger partial charge on any atom is 0.339 e. The highest BCUT2D eigenvalue weighted by Gasteiger charge is 2.21. The molecule has 0 aliphatic rings. The van der Waals surface area contributed by atoms with Crippen molar-refractivity contribution in [2.24, 2.45) is 7.05 Å². The molecule has 0 aliphatic carbocycles. The summed E-state index contributed by atoms with van der Waals surface area (Å²) in [6.45, 7) is 5.58. The van der Waals surface area contributed by atoms with Gasteiger partial charge in [-0.05, 0) is 44.5 Å². The van der Waals surface area contributed by atoms with Gasteiger partial charge in [-0.2, -0.15) is 5.10 Å². The Kier molecular flexibility index (Phi) is 6.51. The third kappa shape index (κ3) is 5.05. The second-order valence-electron chi connectivity index (χ2n) is 7.01. The van der Waals surface area contributed by atoms with Crippen molar-refractivity contribution in [3.8, 4) is 5.75 Å². The maximum atomic E-state index is 12.5. The predicted octanol–water partition coefficient (Wildman–Crippen LogP) is 3.80. The molecule has 1 amide bonds. The molecule has 0 spiro atoms. The van der Waals surface area contributed by atoms with Crippen LogP contribution in [0.1, 0.15) is 34.2 Å². The lowest BCUT2D eigenvalue weighted by Gasteiger charge is -2.14. The van der Waals surface area contributed by atoms with E-state index in [9.17, 15) is 9.59 Å². The standard InChI is InChI=1S/C23H25N3O4/c1-15-21(16(2)26(4)25-15)24-22(27)17(3)30-23(28)19-11-8-12-20(13-19)29-14-18-9-6-5-7-10-18/h5-13,17H,14H2,1-4H3,(H,24,27)/t17-/m1/s1. The average Bonchev–Trinajstić information content (AvgIpc) is 2.99. The first-order valence-corrected chi connectivity index (χ1v) is 9.64. The van der Waals surface area contributed by atoms with E-state index in [-0.39, 0.29) is 0 Å². The first-order chi connectivity index (χ1) is 14.3. The Morgan fingerprint density at radius 1 is 1.10 bits per heavy atom. The van der Waals surface area contributed by atoms with Crippen molar-refractivity contribution in [1.82, 2.24) is 9.78 Å². The molecule has 0 bridgehead atoms. The van der Waals surface area contributed by atoms with E-state index in [1.807, 2.05) is 37.3 Å². The summed E-state index contributed by atoms with van der Waals surface area (Å²) < 4.78 is 12.8. The van der Waals surface area contributed by atoms with Crippen LogP contribution in [0.3, 0.4) is 0 Å². The first-order valence-electron chi connectivity index (χ1n) is 9.64. The molecule has 3 aromatic rings. The number of carbonyl (C=O) groups is 2. The van der Waals surface area contributed by atoms with Gasteiger partial charge >= 0.3 is 5.97 Å². The van der Waals surface area contributed by atoms with Gasteiger partial charge in [-0.25, -0.2) is 4.79 Å². The lowest BCUT2D eigenvalue weighted by atomic mass is 10.2. The number of hydrogen-bond acceptors (Lipinski definition) is 5. The van der Waals surface area contributed by atoms with Crippen molar-refractivity contribution in [1.29, 1.82) is 0 Å². The number of amides is 1. The van der Waals surface area contributed by atoms with Gasteiger partial charge in [-0.3, -0.25) is 9.48 Å². The van der Waals surface area contributed by atoms with E-state index in [0.717, 1.165) is 11.3 Å². The SMILES string of the molecule is Cc1nn(C)c(C)c1NC(=O)[C@@H](C)OC(=O)c1cccc(OCc2ccccc2)c1. The van der Waals surface area contributed by atoms with E-state index < -0.39 is 18.0 Å². The molecule has 156 valence electrons. The fourth-order valence-electron chi connectivity index (χ4n) is 2.92. The van der Waals surface area contributed by atoms with E-state index in [1.54, 1.807) is 42.9 Å². The molecule has 0 saturated heterocycles. The van der Waals surface area contributed by atoms with Crippen LogP contribution < -0.4 is 10.1 Å². The lowest BCUT2D eigenvalue weighted by molar-refractivity contribution is -0.123. The molecule has 1 aromatic heterocycles. The molecule has 0 saturated carbocycles. The Bertz CT molecular complexity index is 1040. The van der Waals surface area contributed by atoms with Gasteiger partial charge in [0.1, 0.15) is 12.4 Å². The molecule has 0 unspecified atom stereocenters. The number of nitrogens with zero attached hydrogens (tertiary/aromatic N) is 2. The Hall–Kier alpha value is -3.61. The second kappa shape index (κ2) is 9.26. The Morgan fingerprint density at radius 3 is 2.50 bits per heavy atom. The predicted molar refractivity (Wildman–Crippen MR) is 113 cm³/mol. The number of esters is 1. The summed E-state index contributed by atoms with van der Waals surface area (Å²) in [6.07, 6.45) is -0.967. The zero-order valence-electron chi connectivity index (χ0n) is 17.5. The van der Waals surface area contributed by atoms with Crippen molar-refractivity contribution >= 4 is 17.6 Å². The summed E-state index contributed by atoms with van der Waals surface area (Å²) in [4.78, 5) is 25.0. The largest absolute Gasteiger partial charge is 0.489 e. The summed E-state index contributed by atoms with van der Waals surface area (Å²) in [5.41, 5.74) is 3.49. The molecule has 0 aliphatic heterocycles.